The summed E-state index contributed by atoms with van der Waals surface area (Å²) in [6.45, 7) is 2.17. The Labute approximate surface area is 79.5 Å². The van der Waals surface area contributed by atoms with E-state index in [0.717, 1.165) is 6.42 Å². The lowest BCUT2D eigenvalue weighted by molar-refractivity contribution is -0.137. The maximum atomic E-state index is 10.5. The Hall–Kier alpha value is -0.570. The molecule has 0 aromatic heterocycles. The average molecular weight is 185 g/mol. The molecule has 1 fully saturated rings. The summed E-state index contributed by atoms with van der Waals surface area (Å²) in [5.41, 5.74) is 0. The molecule has 3 nitrogen and oxygen atoms in total. The summed E-state index contributed by atoms with van der Waals surface area (Å²) in [7, 11) is 0. The number of aliphatic carboxylic acids is 1. The van der Waals surface area contributed by atoms with E-state index in [4.69, 9.17) is 5.11 Å². The van der Waals surface area contributed by atoms with Crippen LogP contribution in [0.25, 0.3) is 0 Å². The number of hydrogen-bond acceptors (Lipinski definition) is 2. The van der Waals surface area contributed by atoms with Gasteiger partial charge in [-0.2, -0.15) is 0 Å². The molecule has 1 rings (SSSR count). The summed E-state index contributed by atoms with van der Waals surface area (Å²) < 4.78 is 0. The van der Waals surface area contributed by atoms with Gasteiger partial charge in [-0.1, -0.05) is 19.8 Å². The number of nitrogens with one attached hydrogen (secondary N) is 1. The second-order valence-corrected chi connectivity index (χ2v) is 3.88. The Kier molecular flexibility index (Phi) is 4.22. The van der Waals surface area contributed by atoms with E-state index in [1.165, 1.54) is 25.7 Å². The Bertz CT molecular complexity index is 168. The van der Waals surface area contributed by atoms with Gasteiger partial charge in [0.1, 0.15) is 0 Å². The third-order valence-corrected chi connectivity index (χ3v) is 2.63. The molecule has 0 radical (unpaired) electrons. The number of hydrogen-bond donors (Lipinski definition) is 2. The molecular weight excluding hydrogens is 166 g/mol. The third-order valence-electron chi connectivity index (χ3n) is 2.63. The van der Waals surface area contributed by atoms with Crippen LogP contribution in [-0.2, 0) is 4.79 Å². The van der Waals surface area contributed by atoms with Crippen molar-refractivity contribution < 1.29 is 9.90 Å². The van der Waals surface area contributed by atoms with Crippen molar-refractivity contribution in [3.8, 4) is 0 Å². The molecular formula is C10H19NO2. The Morgan fingerprint density at radius 3 is 2.77 bits per heavy atom. The van der Waals surface area contributed by atoms with Crippen LogP contribution in [0.1, 0.15) is 45.4 Å². The average Bonchev–Trinajstić information content (AvgIpc) is 2.04. The van der Waals surface area contributed by atoms with Gasteiger partial charge in [-0.3, -0.25) is 4.79 Å². The van der Waals surface area contributed by atoms with Gasteiger partial charge in [0, 0.05) is 12.1 Å². The van der Waals surface area contributed by atoms with Gasteiger partial charge >= 0.3 is 5.97 Å². The van der Waals surface area contributed by atoms with Crippen LogP contribution in [0.2, 0.25) is 0 Å². The predicted octanol–water partition coefficient (Wildman–Crippen LogP) is 1.77. The van der Waals surface area contributed by atoms with Crippen LogP contribution in [0.15, 0.2) is 0 Å². The molecule has 13 heavy (non-hydrogen) atoms. The molecule has 1 aliphatic rings. The van der Waals surface area contributed by atoms with E-state index in [1.807, 2.05) is 0 Å². The SMILES string of the molecule is CCC[C@H]1CCC[C@@H](CC(=O)O)N1. The standard InChI is InChI=1S/C10H19NO2/c1-2-4-8-5-3-6-9(11-8)7-10(12)13/h8-9,11H,2-7H2,1H3,(H,12,13)/t8-,9-/m0/s1. The highest BCUT2D eigenvalue weighted by atomic mass is 16.4. The van der Waals surface area contributed by atoms with Crippen molar-refractivity contribution in [3.05, 3.63) is 0 Å². The van der Waals surface area contributed by atoms with E-state index in [2.05, 4.69) is 12.2 Å². The topological polar surface area (TPSA) is 49.3 Å². The van der Waals surface area contributed by atoms with Crippen LogP contribution in [0.4, 0.5) is 0 Å². The highest BCUT2D eigenvalue weighted by molar-refractivity contribution is 5.67. The van der Waals surface area contributed by atoms with E-state index >= 15 is 0 Å². The number of rotatable bonds is 4. The minimum absolute atomic E-state index is 0.211. The van der Waals surface area contributed by atoms with Crippen LogP contribution in [0.3, 0.4) is 0 Å². The van der Waals surface area contributed by atoms with Crippen molar-refractivity contribution in [3.63, 3.8) is 0 Å². The highest BCUT2D eigenvalue weighted by Crippen LogP contribution is 2.17. The van der Waals surface area contributed by atoms with Gasteiger partial charge in [-0.25, -0.2) is 0 Å². The van der Waals surface area contributed by atoms with Crippen molar-refractivity contribution in [1.82, 2.24) is 5.32 Å². The first-order chi connectivity index (χ1) is 6.22. The van der Waals surface area contributed by atoms with Gasteiger partial charge in [0.25, 0.3) is 0 Å². The first kappa shape index (κ1) is 10.5. The lowest BCUT2D eigenvalue weighted by atomic mass is 9.94. The van der Waals surface area contributed by atoms with Crippen molar-refractivity contribution in [2.75, 3.05) is 0 Å². The maximum Gasteiger partial charge on any atom is 0.304 e. The van der Waals surface area contributed by atoms with Gasteiger partial charge in [0.15, 0.2) is 0 Å². The first-order valence-corrected chi connectivity index (χ1v) is 5.20. The predicted molar refractivity (Wildman–Crippen MR) is 51.7 cm³/mol. The largest absolute Gasteiger partial charge is 0.481 e. The van der Waals surface area contributed by atoms with E-state index in [9.17, 15) is 4.79 Å². The van der Waals surface area contributed by atoms with Crippen LogP contribution < -0.4 is 5.32 Å². The van der Waals surface area contributed by atoms with E-state index < -0.39 is 5.97 Å². The summed E-state index contributed by atoms with van der Waals surface area (Å²) >= 11 is 0. The van der Waals surface area contributed by atoms with Crippen molar-refractivity contribution in [1.29, 1.82) is 0 Å². The summed E-state index contributed by atoms with van der Waals surface area (Å²) in [4.78, 5) is 10.5. The van der Waals surface area contributed by atoms with Crippen molar-refractivity contribution in [2.45, 2.75) is 57.5 Å². The van der Waals surface area contributed by atoms with Crippen LogP contribution >= 0.6 is 0 Å². The molecule has 0 aromatic rings. The molecule has 0 amide bonds. The zero-order chi connectivity index (χ0) is 9.68. The molecule has 0 aromatic carbocycles. The molecule has 76 valence electrons. The molecule has 2 atom stereocenters. The molecule has 0 aliphatic carbocycles. The van der Waals surface area contributed by atoms with Gasteiger partial charge < -0.3 is 10.4 Å². The second-order valence-electron chi connectivity index (χ2n) is 3.88. The highest BCUT2D eigenvalue weighted by Gasteiger charge is 2.21. The maximum absolute atomic E-state index is 10.5. The van der Waals surface area contributed by atoms with Crippen molar-refractivity contribution in [2.24, 2.45) is 0 Å². The molecule has 0 bridgehead atoms. The first-order valence-electron chi connectivity index (χ1n) is 5.20. The molecule has 1 aliphatic heterocycles. The van der Waals surface area contributed by atoms with Gasteiger partial charge in [-0.05, 0) is 19.3 Å². The van der Waals surface area contributed by atoms with E-state index in [0.29, 0.717) is 6.04 Å². The van der Waals surface area contributed by atoms with E-state index in [-0.39, 0.29) is 12.5 Å². The molecule has 1 heterocycles. The quantitative estimate of drug-likeness (QED) is 0.701. The number of carbonyl (C=O) groups is 1. The fraction of sp³-hybridized carbons (Fsp3) is 0.900. The van der Waals surface area contributed by atoms with Crippen LogP contribution in [-0.4, -0.2) is 23.2 Å². The third kappa shape index (κ3) is 3.77. The second kappa shape index (κ2) is 5.22. The minimum atomic E-state index is -0.686. The number of carboxylic acid groups (broad SMARTS) is 1. The normalized spacial score (nSPS) is 28.7. The number of carboxylic acids is 1. The Balaban J connectivity index is 2.28. The lowest BCUT2D eigenvalue weighted by Gasteiger charge is -2.30. The van der Waals surface area contributed by atoms with E-state index in [1.54, 1.807) is 0 Å². The molecule has 1 saturated heterocycles. The zero-order valence-electron chi connectivity index (χ0n) is 8.25. The monoisotopic (exact) mass is 185 g/mol. The molecule has 0 saturated carbocycles. The smallest absolute Gasteiger partial charge is 0.304 e. The van der Waals surface area contributed by atoms with Gasteiger partial charge in [-0.15, -0.1) is 0 Å². The summed E-state index contributed by atoms with van der Waals surface area (Å²) in [5.74, 6) is -0.686. The van der Waals surface area contributed by atoms with Crippen LogP contribution in [0, 0.1) is 0 Å². The molecule has 0 unspecified atom stereocenters. The Morgan fingerprint density at radius 1 is 1.46 bits per heavy atom. The zero-order valence-corrected chi connectivity index (χ0v) is 8.25. The fourth-order valence-electron chi connectivity index (χ4n) is 2.06. The summed E-state index contributed by atoms with van der Waals surface area (Å²) in [5, 5.41) is 12.0. The Morgan fingerprint density at radius 2 is 2.15 bits per heavy atom. The van der Waals surface area contributed by atoms with Crippen LogP contribution in [0.5, 0.6) is 0 Å². The summed E-state index contributed by atoms with van der Waals surface area (Å²) in [6, 6.07) is 0.769. The molecule has 0 spiro atoms. The van der Waals surface area contributed by atoms with Crippen molar-refractivity contribution >= 4 is 5.97 Å². The fourth-order valence-corrected chi connectivity index (χ4v) is 2.06. The summed E-state index contributed by atoms with van der Waals surface area (Å²) in [6.07, 6.45) is 6.04. The molecule has 2 N–H and O–H groups in total. The van der Waals surface area contributed by atoms with Gasteiger partial charge in [0.2, 0.25) is 0 Å². The lowest BCUT2D eigenvalue weighted by Crippen LogP contribution is -2.43. The van der Waals surface area contributed by atoms with Gasteiger partial charge in [0.05, 0.1) is 6.42 Å². The number of piperidine rings is 1. The molecule has 3 heteroatoms. The minimum Gasteiger partial charge on any atom is -0.481 e.